The summed E-state index contributed by atoms with van der Waals surface area (Å²) in [7, 11) is 0. The molecule has 2 aliphatic heterocycles. The fraction of sp³-hybridized carbons (Fsp3) is 0.667. The molecule has 0 saturated carbocycles. The van der Waals surface area contributed by atoms with E-state index in [9.17, 15) is 14.4 Å². The van der Waals surface area contributed by atoms with Crippen LogP contribution in [0.4, 0.5) is 9.59 Å². The summed E-state index contributed by atoms with van der Waals surface area (Å²) in [6, 6.07) is -0.504. The second kappa shape index (κ2) is 6.54. The van der Waals surface area contributed by atoms with Gasteiger partial charge in [0.15, 0.2) is 0 Å². The summed E-state index contributed by atoms with van der Waals surface area (Å²) in [5, 5.41) is 2.75. The van der Waals surface area contributed by atoms with Crippen LogP contribution in [-0.4, -0.2) is 57.0 Å². The quantitative estimate of drug-likeness (QED) is 0.809. The predicted molar refractivity (Wildman–Crippen MR) is 94.8 cm³/mol. The Labute approximate surface area is 158 Å². The van der Waals surface area contributed by atoms with Gasteiger partial charge in [-0.05, 0) is 27.2 Å². The summed E-state index contributed by atoms with van der Waals surface area (Å²) in [5.41, 5.74) is -1.73. The molecule has 1 spiro atoms. The summed E-state index contributed by atoms with van der Waals surface area (Å²) in [6.07, 6.45) is 1.46. The highest BCUT2D eigenvalue weighted by Crippen LogP contribution is 2.30. The van der Waals surface area contributed by atoms with Crippen molar-refractivity contribution < 1.29 is 23.5 Å². The van der Waals surface area contributed by atoms with E-state index in [0.717, 1.165) is 4.90 Å². The number of imide groups is 1. The number of nitrogens with one attached hydrogen (secondary N) is 1. The standard InChI is InChI=1S/C18H26N4O5/c1-11(2)12-8-19-13(26-12)9-22-14(23)18(20-15(22)24)6-7-21(10-18)16(25)27-17(3,4)5/h8,11H,6-7,9-10H2,1-5H3,(H,20,24). The van der Waals surface area contributed by atoms with E-state index in [1.807, 2.05) is 13.8 Å². The molecule has 0 bridgehead atoms. The lowest BCUT2D eigenvalue weighted by Crippen LogP contribution is -2.50. The van der Waals surface area contributed by atoms with E-state index in [1.165, 1.54) is 4.90 Å². The lowest BCUT2D eigenvalue weighted by atomic mass is 9.99. The number of hydrogen-bond acceptors (Lipinski definition) is 6. The minimum atomic E-state index is -1.11. The van der Waals surface area contributed by atoms with Crippen LogP contribution in [0.25, 0.3) is 0 Å². The van der Waals surface area contributed by atoms with Crippen LogP contribution in [-0.2, 0) is 16.1 Å². The molecule has 3 rings (SSSR count). The maximum atomic E-state index is 12.9. The van der Waals surface area contributed by atoms with E-state index >= 15 is 0 Å². The lowest BCUT2D eigenvalue weighted by Gasteiger charge is -2.25. The smallest absolute Gasteiger partial charge is 0.410 e. The van der Waals surface area contributed by atoms with Crippen molar-refractivity contribution >= 4 is 18.0 Å². The second-order valence-electron chi connectivity index (χ2n) is 8.37. The molecule has 2 aliphatic rings. The first-order valence-electron chi connectivity index (χ1n) is 9.07. The van der Waals surface area contributed by atoms with Crippen molar-refractivity contribution in [3.05, 3.63) is 17.8 Å². The molecule has 0 aromatic carbocycles. The molecule has 27 heavy (non-hydrogen) atoms. The number of oxazole rings is 1. The van der Waals surface area contributed by atoms with Crippen molar-refractivity contribution in [1.29, 1.82) is 0 Å². The fourth-order valence-electron chi connectivity index (χ4n) is 3.19. The van der Waals surface area contributed by atoms with Crippen LogP contribution in [0.2, 0.25) is 0 Å². The number of likely N-dealkylation sites (tertiary alicyclic amines) is 1. The van der Waals surface area contributed by atoms with Crippen LogP contribution in [0, 0.1) is 0 Å². The van der Waals surface area contributed by atoms with Gasteiger partial charge in [-0.15, -0.1) is 0 Å². The molecular formula is C18H26N4O5. The molecule has 0 aliphatic carbocycles. The van der Waals surface area contributed by atoms with Gasteiger partial charge in [-0.1, -0.05) is 13.8 Å². The Balaban J connectivity index is 1.69. The SMILES string of the molecule is CC(C)c1cnc(CN2C(=O)NC3(CCN(C(=O)OC(C)(C)C)C3)C2=O)o1. The van der Waals surface area contributed by atoms with Gasteiger partial charge in [0.25, 0.3) is 5.91 Å². The van der Waals surface area contributed by atoms with Gasteiger partial charge in [0.05, 0.1) is 12.7 Å². The normalized spacial score (nSPS) is 22.9. The zero-order valence-electron chi connectivity index (χ0n) is 16.4. The first kappa shape index (κ1) is 19.2. The van der Waals surface area contributed by atoms with Crippen molar-refractivity contribution in [3.63, 3.8) is 0 Å². The van der Waals surface area contributed by atoms with Crippen molar-refractivity contribution in [2.75, 3.05) is 13.1 Å². The Morgan fingerprint density at radius 3 is 2.70 bits per heavy atom. The average Bonchev–Trinajstić information content (AvgIpc) is 3.22. The summed E-state index contributed by atoms with van der Waals surface area (Å²) in [4.78, 5) is 44.3. The minimum Gasteiger partial charge on any atom is -0.444 e. The Hall–Kier alpha value is -2.58. The second-order valence-corrected chi connectivity index (χ2v) is 8.37. The number of carbonyl (C=O) groups excluding carboxylic acids is 3. The van der Waals surface area contributed by atoms with Crippen LogP contribution in [0.15, 0.2) is 10.6 Å². The van der Waals surface area contributed by atoms with Crippen LogP contribution >= 0.6 is 0 Å². The highest BCUT2D eigenvalue weighted by molar-refractivity contribution is 6.07. The number of urea groups is 1. The van der Waals surface area contributed by atoms with Gasteiger partial charge in [0, 0.05) is 12.5 Å². The van der Waals surface area contributed by atoms with Gasteiger partial charge < -0.3 is 19.4 Å². The number of amides is 4. The highest BCUT2D eigenvalue weighted by atomic mass is 16.6. The summed E-state index contributed by atoms with van der Waals surface area (Å²) >= 11 is 0. The van der Waals surface area contributed by atoms with E-state index in [2.05, 4.69) is 10.3 Å². The van der Waals surface area contributed by atoms with Gasteiger partial charge in [0.2, 0.25) is 5.89 Å². The largest absolute Gasteiger partial charge is 0.444 e. The van der Waals surface area contributed by atoms with Crippen molar-refractivity contribution in [3.8, 4) is 0 Å². The third kappa shape index (κ3) is 3.77. The Kier molecular flexibility index (Phi) is 4.65. The average molecular weight is 378 g/mol. The van der Waals surface area contributed by atoms with Crippen LogP contribution in [0.1, 0.15) is 58.6 Å². The topological polar surface area (TPSA) is 105 Å². The molecule has 2 saturated heterocycles. The number of carbonyl (C=O) groups is 3. The zero-order chi connectivity index (χ0) is 20.0. The fourth-order valence-corrected chi connectivity index (χ4v) is 3.19. The molecular weight excluding hydrogens is 352 g/mol. The van der Waals surface area contributed by atoms with Crippen LogP contribution in [0.3, 0.4) is 0 Å². The third-order valence-corrected chi connectivity index (χ3v) is 4.60. The molecule has 1 aromatic rings. The van der Waals surface area contributed by atoms with E-state index < -0.39 is 23.3 Å². The predicted octanol–water partition coefficient (Wildman–Crippen LogP) is 2.23. The Bertz CT molecular complexity index is 766. The molecule has 2 fully saturated rings. The number of nitrogens with zero attached hydrogens (tertiary/aromatic N) is 3. The minimum absolute atomic E-state index is 0.0361. The van der Waals surface area contributed by atoms with Crippen LogP contribution < -0.4 is 5.32 Å². The number of aromatic nitrogens is 1. The van der Waals surface area contributed by atoms with Gasteiger partial charge in [-0.2, -0.15) is 0 Å². The molecule has 9 nitrogen and oxygen atoms in total. The summed E-state index contributed by atoms with van der Waals surface area (Å²) in [5.74, 6) is 0.797. The van der Waals surface area contributed by atoms with E-state index in [4.69, 9.17) is 9.15 Å². The monoisotopic (exact) mass is 378 g/mol. The zero-order valence-corrected chi connectivity index (χ0v) is 16.4. The van der Waals surface area contributed by atoms with E-state index in [-0.39, 0.29) is 24.9 Å². The highest BCUT2D eigenvalue weighted by Gasteiger charge is 2.56. The van der Waals surface area contributed by atoms with E-state index in [0.29, 0.717) is 24.6 Å². The maximum Gasteiger partial charge on any atom is 0.410 e. The van der Waals surface area contributed by atoms with Gasteiger partial charge in [-0.3, -0.25) is 9.69 Å². The molecule has 1 atom stereocenters. The van der Waals surface area contributed by atoms with E-state index in [1.54, 1.807) is 27.0 Å². The molecule has 3 heterocycles. The maximum absolute atomic E-state index is 12.9. The molecule has 4 amide bonds. The van der Waals surface area contributed by atoms with Gasteiger partial charge in [0.1, 0.15) is 23.4 Å². The van der Waals surface area contributed by atoms with Crippen molar-refractivity contribution in [2.24, 2.45) is 0 Å². The van der Waals surface area contributed by atoms with Crippen molar-refractivity contribution in [2.45, 2.75) is 64.6 Å². The summed E-state index contributed by atoms with van der Waals surface area (Å²) < 4.78 is 11.0. The third-order valence-electron chi connectivity index (χ3n) is 4.60. The first-order chi connectivity index (χ1) is 12.5. The Morgan fingerprint density at radius 2 is 2.11 bits per heavy atom. The molecule has 1 aromatic heterocycles. The van der Waals surface area contributed by atoms with Gasteiger partial charge >= 0.3 is 12.1 Å². The first-order valence-corrected chi connectivity index (χ1v) is 9.07. The van der Waals surface area contributed by atoms with Crippen LogP contribution in [0.5, 0.6) is 0 Å². The summed E-state index contributed by atoms with van der Waals surface area (Å²) in [6.45, 7) is 9.67. The molecule has 148 valence electrons. The lowest BCUT2D eigenvalue weighted by molar-refractivity contribution is -0.131. The molecule has 1 N–H and O–H groups in total. The van der Waals surface area contributed by atoms with Crippen molar-refractivity contribution in [1.82, 2.24) is 20.1 Å². The number of ether oxygens (including phenoxy) is 1. The Morgan fingerprint density at radius 1 is 1.41 bits per heavy atom. The molecule has 1 unspecified atom stereocenters. The number of rotatable bonds is 3. The molecule has 9 heteroatoms. The van der Waals surface area contributed by atoms with Gasteiger partial charge in [-0.25, -0.2) is 14.6 Å². The molecule has 0 radical (unpaired) electrons. The number of hydrogen-bond donors (Lipinski definition) is 1.